The second-order valence-electron chi connectivity index (χ2n) is 3.14. The largest absolute Gasteiger partial charge is 0.205 e. The lowest BCUT2D eigenvalue weighted by atomic mass is 10.0. The van der Waals surface area contributed by atoms with E-state index in [-0.39, 0.29) is 16.0 Å². The van der Waals surface area contributed by atoms with Crippen LogP contribution in [0.2, 0.25) is 5.02 Å². The summed E-state index contributed by atoms with van der Waals surface area (Å²) >= 11 is 8.10. The Hall–Kier alpha value is -0.220. The van der Waals surface area contributed by atoms with Crippen LogP contribution in [0.1, 0.15) is 25.3 Å². The summed E-state index contributed by atoms with van der Waals surface area (Å²) in [5, 5.41) is -0.797. The van der Waals surface area contributed by atoms with E-state index in [1.807, 2.05) is 0 Å². The molecule has 1 rings (SSSR count). The Kier molecular flexibility index (Phi) is 3.48. The fraction of sp³-hybridized carbons (Fsp3) is 0.333. The first-order valence-corrected chi connectivity index (χ1v) is 5.06. The first-order chi connectivity index (χ1) is 6.37. The third kappa shape index (κ3) is 1.77. The van der Waals surface area contributed by atoms with Gasteiger partial charge in [-0.15, -0.1) is 0 Å². The molecule has 1 aromatic carbocycles. The summed E-state index contributed by atoms with van der Waals surface area (Å²) in [6, 6.07) is 0. The van der Waals surface area contributed by atoms with Gasteiger partial charge in [0.2, 0.25) is 0 Å². The standard InChI is InChI=1S/C9H7BrClF3/c1-3(2)4-5(10)8(13)9(14)6(11)7(4)12/h3H,1-2H3. The van der Waals surface area contributed by atoms with Crippen LogP contribution in [0, 0.1) is 17.5 Å². The zero-order valence-corrected chi connectivity index (χ0v) is 9.81. The van der Waals surface area contributed by atoms with Gasteiger partial charge in [0, 0.05) is 5.56 Å². The fourth-order valence-electron chi connectivity index (χ4n) is 1.13. The molecule has 5 heteroatoms. The zero-order chi connectivity index (χ0) is 11.0. The molecule has 14 heavy (non-hydrogen) atoms. The topological polar surface area (TPSA) is 0 Å². The predicted molar refractivity (Wildman–Crippen MR) is 53.1 cm³/mol. The lowest BCUT2D eigenvalue weighted by molar-refractivity contribution is 0.482. The summed E-state index contributed by atoms with van der Waals surface area (Å²) < 4.78 is 39.2. The van der Waals surface area contributed by atoms with Gasteiger partial charge in [0.1, 0.15) is 10.8 Å². The molecule has 0 atom stereocenters. The van der Waals surface area contributed by atoms with Crippen LogP contribution in [0.5, 0.6) is 0 Å². The van der Waals surface area contributed by atoms with Gasteiger partial charge in [-0.3, -0.25) is 0 Å². The number of benzene rings is 1. The average Bonchev–Trinajstić information content (AvgIpc) is 2.11. The summed E-state index contributed by atoms with van der Waals surface area (Å²) in [5.41, 5.74) is 0.0499. The molecule has 0 radical (unpaired) electrons. The van der Waals surface area contributed by atoms with E-state index in [2.05, 4.69) is 15.9 Å². The molecule has 1 aromatic rings. The number of hydrogen-bond donors (Lipinski definition) is 0. The van der Waals surface area contributed by atoms with Gasteiger partial charge >= 0.3 is 0 Å². The lowest BCUT2D eigenvalue weighted by Gasteiger charge is -2.12. The van der Waals surface area contributed by atoms with E-state index in [9.17, 15) is 13.2 Å². The van der Waals surface area contributed by atoms with E-state index in [0.29, 0.717) is 0 Å². The summed E-state index contributed by atoms with van der Waals surface area (Å²) in [6.45, 7) is 3.33. The maximum Gasteiger partial charge on any atom is 0.181 e. The minimum atomic E-state index is -1.36. The predicted octanol–water partition coefficient (Wildman–Crippen LogP) is 4.64. The third-order valence-electron chi connectivity index (χ3n) is 1.82. The molecule has 78 valence electrons. The second kappa shape index (κ2) is 4.11. The van der Waals surface area contributed by atoms with Crippen LogP contribution < -0.4 is 0 Å². The van der Waals surface area contributed by atoms with Crippen molar-refractivity contribution < 1.29 is 13.2 Å². The minimum Gasteiger partial charge on any atom is -0.205 e. The van der Waals surface area contributed by atoms with Gasteiger partial charge in [-0.1, -0.05) is 25.4 Å². The van der Waals surface area contributed by atoms with Crippen LogP contribution in [-0.4, -0.2) is 0 Å². The summed E-state index contributed by atoms with van der Waals surface area (Å²) in [6.07, 6.45) is 0. The molecule has 0 heterocycles. The SMILES string of the molecule is CC(C)c1c(F)c(Cl)c(F)c(F)c1Br. The smallest absolute Gasteiger partial charge is 0.181 e. The Bertz CT molecular complexity index is 348. The molecular weight excluding hydrogens is 280 g/mol. The highest BCUT2D eigenvalue weighted by atomic mass is 79.9. The monoisotopic (exact) mass is 286 g/mol. The highest BCUT2D eigenvalue weighted by Crippen LogP contribution is 2.36. The molecule has 0 amide bonds. The van der Waals surface area contributed by atoms with Gasteiger partial charge in [-0.05, 0) is 21.8 Å². The molecule has 0 aromatic heterocycles. The average molecular weight is 288 g/mol. The molecule has 0 saturated heterocycles. The van der Waals surface area contributed by atoms with Crippen molar-refractivity contribution in [3.8, 4) is 0 Å². The van der Waals surface area contributed by atoms with E-state index in [4.69, 9.17) is 11.6 Å². The molecule has 0 aliphatic carbocycles. The van der Waals surface area contributed by atoms with Gasteiger partial charge in [-0.25, -0.2) is 13.2 Å². The van der Waals surface area contributed by atoms with Crippen LogP contribution in [0.15, 0.2) is 4.47 Å². The zero-order valence-electron chi connectivity index (χ0n) is 7.47. The Morgan fingerprint density at radius 1 is 1.07 bits per heavy atom. The minimum absolute atomic E-state index is 0.0499. The van der Waals surface area contributed by atoms with Crippen molar-refractivity contribution >= 4 is 27.5 Å². The Labute approximate surface area is 93.2 Å². The van der Waals surface area contributed by atoms with Crippen molar-refractivity contribution in [2.45, 2.75) is 19.8 Å². The van der Waals surface area contributed by atoms with Crippen LogP contribution >= 0.6 is 27.5 Å². The molecule has 0 bridgehead atoms. The van der Waals surface area contributed by atoms with Crippen LogP contribution in [0.3, 0.4) is 0 Å². The molecule has 0 aliphatic heterocycles. The van der Waals surface area contributed by atoms with Crippen molar-refractivity contribution in [2.24, 2.45) is 0 Å². The first-order valence-electron chi connectivity index (χ1n) is 3.89. The first kappa shape index (κ1) is 11.9. The van der Waals surface area contributed by atoms with Crippen molar-refractivity contribution in [2.75, 3.05) is 0 Å². The van der Waals surface area contributed by atoms with Gasteiger partial charge < -0.3 is 0 Å². The molecule has 0 fully saturated rings. The van der Waals surface area contributed by atoms with Gasteiger partial charge in [-0.2, -0.15) is 0 Å². The van der Waals surface area contributed by atoms with E-state index in [1.54, 1.807) is 13.8 Å². The summed E-state index contributed by atoms with van der Waals surface area (Å²) in [7, 11) is 0. The summed E-state index contributed by atoms with van der Waals surface area (Å²) in [5.74, 6) is -3.70. The fourth-order valence-corrected chi connectivity index (χ4v) is 2.12. The van der Waals surface area contributed by atoms with Gasteiger partial charge in [0.05, 0.1) is 4.47 Å². The van der Waals surface area contributed by atoms with Crippen molar-refractivity contribution in [3.05, 3.63) is 32.5 Å². The highest BCUT2D eigenvalue weighted by Gasteiger charge is 2.23. The molecular formula is C9H7BrClF3. The number of rotatable bonds is 1. The van der Waals surface area contributed by atoms with Crippen molar-refractivity contribution in [1.82, 2.24) is 0 Å². The number of halogens is 5. The van der Waals surface area contributed by atoms with Crippen LogP contribution in [0.25, 0.3) is 0 Å². The molecule has 0 spiro atoms. The maximum atomic E-state index is 13.4. The quantitative estimate of drug-likeness (QED) is 0.521. The Morgan fingerprint density at radius 3 is 2.00 bits per heavy atom. The lowest BCUT2D eigenvalue weighted by Crippen LogP contribution is -2.02. The maximum absolute atomic E-state index is 13.4. The highest BCUT2D eigenvalue weighted by molar-refractivity contribution is 9.10. The second-order valence-corrected chi connectivity index (χ2v) is 4.31. The Morgan fingerprint density at radius 2 is 1.57 bits per heavy atom. The molecule has 0 nitrogen and oxygen atoms in total. The number of hydrogen-bond acceptors (Lipinski definition) is 0. The van der Waals surface area contributed by atoms with Crippen LogP contribution in [0.4, 0.5) is 13.2 Å². The van der Waals surface area contributed by atoms with E-state index in [1.165, 1.54) is 0 Å². The molecule has 0 unspecified atom stereocenters. The van der Waals surface area contributed by atoms with E-state index >= 15 is 0 Å². The van der Waals surface area contributed by atoms with E-state index < -0.39 is 22.5 Å². The van der Waals surface area contributed by atoms with Crippen molar-refractivity contribution in [3.63, 3.8) is 0 Å². The molecule has 0 aliphatic rings. The van der Waals surface area contributed by atoms with Crippen LogP contribution in [-0.2, 0) is 0 Å². The van der Waals surface area contributed by atoms with Crippen molar-refractivity contribution in [1.29, 1.82) is 0 Å². The third-order valence-corrected chi connectivity index (χ3v) is 2.93. The normalized spacial score (nSPS) is 11.1. The Balaban J connectivity index is 3.60. The molecule has 0 N–H and O–H groups in total. The summed E-state index contributed by atoms with van der Waals surface area (Å²) in [4.78, 5) is 0. The van der Waals surface area contributed by atoms with Gasteiger partial charge in [0.25, 0.3) is 0 Å². The van der Waals surface area contributed by atoms with Gasteiger partial charge in [0.15, 0.2) is 11.6 Å². The van der Waals surface area contributed by atoms with E-state index in [0.717, 1.165) is 0 Å². The molecule has 0 saturated carbocycles.